The molecule has 0 saturated heterocycles. The van der Waals surface area contributed by atoms with E-state index in [1.54, 1.807) is 0 Å². The van der Waals surface area contributed by atoms with E-state index < -0.39 is 11.3 Å². The number of benzene rings is 1. The van der Waals surface area contributed by atoms with Crippen molar-refractivity contribution in [3.8, 4) is 0 Å². The van der Waals surface area contributed by atoms with Crippen LogP contribution in [0, 0.1) is 0 Å². The second kappa shape index (κ2) is 5.08. The Bertz CT molecular complexity index is 278. The van der Waals surface area contributed by atoms with Crippen molar-refractivity contribution >= 4 is 11.3 Å². The van der Waals surface area contributed by atoms with E-state index in [9.17, 15) is 4.21 Å². The number of nitrogens with zero attached hydrogens (tertiary/aromatic N) is 1. The molecule has 1 N–H and O–H groups in total. The Morgan fingerprint density at radius 3 is 2.62 bits per heavy atom. The minimum absolute atomic E-state index is 0.295. The van der Waals surface area contributed by atoms with E-state index in [1.165, 1.54) is 7.05 Å². The quantitative estimate of drug-likeness (QED) is 0.588. The normalized spacial score (nSPS) is 13.2. The predicted molar refractivity (Wildman–Crippen MR) is 49.8 cm³/mol. The standard InChI is InChI=1S/C8H11NO3S/c1-9(13(10)11)12-7-8-5-3-2-4-6-8/h2-6H,7H2,1H3,(H,10,11). The highest BCUT2D eigenvalue weighted by atomic mass is 32.2. The molecule has 72 valence electrons. The molecule has 0 heterocycles. The maximum Gasteiger partial charge on any atom is 0.258 e. The van der Waals surface area contributed by atoms with Crippen molar-refractivity contribution in [1.82, 2.24) is 4.47 Å². The molecule has 0 amide bonds. The fourth-order valence-corrected chi connectivity index (χ4v) is 0.928. The Labute approximate surface area is 79.5 Å². The van der Waals surface area contributed by atoms with Crippen LogP contribution in [0.15, 0.2) is 30.3 Å². The average molecular weight is 201 g/mol. The summed E-state index contributed by atoms with van der Waals surface area (Å²) in [5.41, 5.74) is 0.958. The van der Waals surface area contributed by atoms with E-state index in [1.807, 2.05) is 30.3 Å². The molecule has 1 unspecified atom stereocenters. The van der Waals surface area contributed by atoms with Crippen molar-refractivity contribution in [1.29, 1.82) is 0 Å². The van der Waals surface area contributed by atoms with Crippen LogP contribution >= 0.6 is 0 Å². The molecule has 0 spiro atoms. The Morgan fingerprint density at radius 1 is 1.46 bits per heavy atom. The third kappa shape index (κ3) is 3.65. The summed E-state index contributed by atoms with van der Waals surface area (Å²) in [7, 11) is 1.40. The van der Waals surface area contributed by atoms with Crippen molar-refractivity contribution in [3.05, 3.63) is 35.9 Å². The van der Waals surface area contributed by atoms with Crippen molar-refractivity contribution in [2.45, 2.75) is 6.61 Å². The van der Waals surface area contributed by atoms with Gasteiger partial charge in [0, 0.05) is 7.05 Å². The van der Waals surface area contributed by atoms with Crippen LogP contribution < -0.4 is 0 Å². The molecule has 1 aromatic carbocycles. The SMILES string of the molecule is CN(OCc1ccccc1)S(=O)O. The van der Waals surface area contributed by atoms with Gasteiger partial charge in [0.15, 0.2) is 0 Å². The highest BCUT2D eigenvalue weighted by Gasteiger charge is 2.03. The second-order valence-electron chi connectivity index (χ2n) is 2.43. The van der Waals surface area contributed by atoms with Gasteiger partial charge in [-0.3, -0.25) is 9.39 Å². The molecule has 0 aromatic heterocycles. The zero-order valence-electron chi connectivity index (χ0n) is 7.21. The second-order valence-corrected chi connectivity index (χ2v) is 3.41. The lowest BCUT2D eigenvalue weighted by Crippen LogP contribution is -2.20. The van der Waals surface area contributed by atoms with Gasteiger partial charge >= 0.3 is 0 Å². The Hall–Kier alpha value is -0.750. The number of hydrogen-bond donors (Lipinski definition) is 1. The Balaban J connectivity index is 2.39. The molecule has 0 bridgehead atoms. The first-order valence-electron chi connectivity index (χ1n) is 3.71. The molecule has 4 nitrogen and oxygen atoms in total. The van der Waals surface area contributed by atoms with Gasteiger partial charge in [-0.2, -0.15) is 0 Å². The van der Waals surface area contributed by atoms with Gasteiger partial charge in [-0.15, -0.1) is 0 Å². The lowest BCUT2D eigenvalue weighted by molar-refractivity contribution is -0.0778. The smallest absolute Gasteiger partial charge is 0.258 e. The molecule has 1 aromatic rings. The Kier molecular flexibility index (Phi) is 4.04. The van der Waals surface area contributed by atoms with Crippen LogP contribution in [0.4, 0.5) is 0 Å². The monoisotopic (exact) mass is 201 g/mol. The van der Waals surface area contributed by atoms with E-state index in [2.05, 4.69) is 0 Å². The summed E-state index contributed by atoms with van der Waals surface area (Å²) < 4.78 is 19.9. The molecule has 0 aliphatic carbocycles. The van der Waals surface area contributed by atoms with Gasteiger partial charge < -0.3 is 0 Å². The summed E-state index contributed by atoms with van der Waals surface area (Å²) in [6.07, 6.45) is 0. The van der Waals surface area contributed by atoms with Crippen molar-refractivity contribution in [3.63, 3.8) is 0 Å². The molecule has 0 fully saturated rings. The van der Waals surface area contributed by atoms with Gasteiger partial charge in [-0.25, -0.2) is 4.21 Å². The van der Waals surface area contributed by atoms with Gasteiger partial charge in [-0.1, -0.05) is 34.8 Å². The van der Waals surface area contributed by atoms with Crippen LogP contribution in [0.3, 0.4) is 0 Å². The highest BCUT2D eigenvalue weighted by molar-refractivity contribution is 7.76. The van der Waals surface area contributed by atoms with Crippen LogP contribution in [-0.4, -0.2) is 20.3 Å². The maximum atomic E-state index is 10.4. The largest absolute Gasteiger partial charge is 0.292 e. The third-order valence-electron chi connectivity index (χ3n) is 1.48. The summed E-state index contributed by atoms with van der Waals surface area (Å²) in [5.74, 6) is 0. The molecule has 0 aliphatic heterocycles. The van der Waals surface area contributed by atoms with Crippen LogP contribution in [0.25, 0.3) is 0 Å². The van der Waals surface area contributed by atoms with Gasteiger partial charge in [-0.05, 0) is 5.56 Å². The van der Waals surface area contributed by atoms with Gasteiger partial charge in [0.25, 0.3) is 11.3 Å². The van der Waals surface area contributed by atoms with E-state index in [0.29, 0.717) is 6.61 Å². The molecule has 5 heteroatoms. The van der Waals surface area contributed by atoms with E-state index in [0.717, 1.165) is 10.0 Å². The summed E-state index contributed by atoms with van der Waals surface area (Å²) in [6.45, 7) is 0.295. The molecule has 0 saturated carbocycles. The highest BCUT2D eigenvalue weighted by Crippen LogP contribution is 2.02. The lowest BCUT2D eigenvalue weighted by atomic mass is 10.2. The molecular formula is C8H11NO3S. The van der Waals surface area contributed by atoms with Crippen LogP contribution in [-0.2, 0) is 22.7 Å². The number of rotatable bonds is 4. The van der Waals surface area contributed by atoms with E-state index in [4.69, 9.17) is 9.39 Å². The summed E-state index contributed by atoms with van der Waals surface area (Å²) in [6, 6.07) is 9.43. The first-order valence-corrected chi connectivity index (χ1v) is 4.78. The molecule has 0 aliphatic rings. The zero-order chi connectivity index (χ0) is 9.68. The van der Waals surface area contributed by atoms with Crippen LogP contribution in [0.2, 0.25) is 0 Å². The third-order valence-corrected chi connectivity index (χ3v) is 2.02. The van der Waals surface area contributed by atoms with Crippen molar-refractivity contribution in [2.75, 3.05) is 7.05 Å². The molecule has 1 atom stereocenters. The fourth-order valence-electron chi connectivity index (χ4n) is 0.785. The summed E-state index contributed by atoms with van der Waals surface area (Å²) >= 11 is -2.07. The first kappa shape index (κ1) is 10.3. The van der Waals surface area contributed by atoms with Crippen molar-refractivity contribution < 1.29 is 13.6 Å². The lowest BCUT2D eigenvalue weighted by Gasteiger charge is -2.10. The van der Waals surface area contributed by atoms with Gasteiger partial charge in [0.1, 0.15) is 0 Å². The van der Waals surface area contributed by atoms with E-state index >= 15 is 0 Å². The van der Waals surface area contributed by atoms with Crippen LogP contribution in [0.1, 0.15) is 5.56 Å². The van der Waals surface area contributed by atoms with Gasteiger partial charge in [0.05, 0.1) is 6.61 Å². The fraction of sp³-hybridized carbons (Fsp3) is 0.250. The maximum absolute atomic E-state index is 10.4. The predicted octanol–water partition coefficient (Wildman–Crippen LogP) is 1.19. The number of hydrogen-bond acceptors (Lipinski definition) is 2. The van der Waals surface area contributed by atoms with Crippen LogP contribution in [0.5, 0.6) is 0 Å². The summed E-state index contributed by atoms with van der Waals surface area (Å²) in [4.78, 5) is 4.97. The minimum atomic E-state index is -2.07. The molecule has 0 radical (unpaired) electrons. The zero-order valence-corrected chi connectivity index (χ0v) is 8.03. The van der Waals surface area contributed by atoms with E-state index in [-0.39, 0.29) is 0 Å². The average Bonchev–Trinajstić information content (AvgIpc) is 2.15. The molecular weight excluding hydrogens is 190 g/mol. The van der Waals surface area contributed by atoms with Crippen molar-refractivity contribution in [2.24, 2.45) is 0 Å². The minimum Gasteiger partial charge on any atom is -0.292 e. The van der Waals surface area contributed by atoms with Gasteiger partial charge in [0.2, 0.25) is 0 Å². The number of hydroxylamine groups is 1. The summed E-state index contributed by atoms with van der Waals surface area (Å²) in [5, 5.41) is 0. The Morgan fingerprint density at radius 2 is 2.08 bits per heavy atom. The topological polar surface area (TPSA) is 49.8 Å². The molecule has 13 heavy (non-hydrogen) atoms. The first-order chi connectivity index (χ1) is 6.20. The molecule has 1 rings (SSSR count).